The average Bonchev–Trinajstić information content (AvgIpc) is 3.35. The standard InChI is InChI=1S/C24H28N6O3/c1-15(2)21-23(31)25-11-17-12-30(24(32)16-7-10-33-14-16)9-8-29(17)13-20-26-19-6-4-3-5-18(19)22(27-20)28-21/h3-7,10,14-15,17,21H,8-9,11-13H2,1-2H3,(H,25,31)(H,26,27,28)/t17?,21-/m0/s1. The van der Waals surface area contributed by atoms with Gasteiger partial charge >= 0.3 is 0 Å². The van der Waals surface area contributed by atoms with E-state index in [1.165, 1.54) is 12.5 Å². The first-order valence-electron chi connectivity index (χ1n) is 11.3. The second kappa shape index (κ2) is 8.82. The number of anilines is 1. The lowest BCUT2D eigenvalue weighted by molar-refractivity contribution is -0.123. The van der Waals surface area contributed by atoms with E-state index in [9.17, 15) is 9.59 Å². The lowest BCUT2D eigenvalue weighted by Crippen LogP contribution is -2.58. The number of hydrogen-bond donors (Lipinski definition) is 2. The van der Waals surface area contributed by atoms with Gasteiger partial charge in [0.05, 0.1) is 23.9 Å². The summed E-state index contributed by atoms with van der Waals surface area (Å²) in [5.41, 5.74) is 1.38. The first kappa shape index (κ1) is 21.4. The summed E-state index contributed by atoms with van der Waals surface area (Å²) in [4.78, 5) is 39.7. The number of hydrogen-bond acceptors (Lipinski definition) is 7. The van der Waals surface area contributed by atoms with Crippen LogP contribution < -0.4 is 10.6 Å². The summed E-state index contributed by atoms with van der Waals surface area (Å²) in [6, 6.07) is 9.03. The monoisotopic (exact) mass is 448 g/mol. The molecule has 0 radical (unpaired) electrons. The van der Waals surface area contributed by atoms with Gasteiger partial charge < -0.3 is 20.0 Å². The second-order valence-corrected chi connectivity index (χ2v) is 9.00. The van der Waals surface area contributed by atoms with E-state index in [2.05, 4.69) is 15.5 Å². The van der Waals surface area contributed by atoms with Crippen LogP contribution in [0.15, 0.2) is 47.3 Å². The fourth-order valence-electron chi connectivity index (χ4n) is 4.55. The van der Waals surface area contributed by atoms with Gasteiger partial charge in [-0.25, -0.2) is 9.97 Å². The summed E-state index contributed by atoms with van der Waals surface area (Å²) in [6.45, 7) is 6.76. The first-order chi connectivity index (χ1) is 16.0. The SMILES string of the molecule is CC(C)[C@@H]1Nc2nc(nc3ccccc23)CN2CCN(C(=O)c3ccoc3)CC2CNC1=O. The number of rotatable bonds is 2. The van der Waals surface area contributed by atoms with E-state index < -0.39 is 6.04 Å². The molecule has 2 bridgehead atoms. The van der Waals surface area contributed by atoms with Gasteiger partial charge in [0.25, 0.3) is 5.91 Å². The van der Waals surface area contributed by atoms with Gasteiger partial charge in [-0.2, -0.15) is 0 Å². The topological polar surface area (TPSA) is 104 Å². The van der Waals surface area contributed by atoms with Crippen molar-refractivity contribution in [2.75, 3.05) is 31.5 Å². The minimum absolute atomic E-state index is 0.0528. The molecule has 2 N–H and O–H groups in total. The number of nitrogens with one attached hydrogen (secondary N) is 2. The van der Waals surface area contributed by atoms with Crippen LogP contribution in [0.25, 0.3) is 10.9 Å². The highest BCUT2D eigenvalue weighted by Gasteiger charge is 2.33. The maximum absolute atomic E-state index is 13.2. The third-order valence-corrected chi connectivity index (χ3v) is 6.41. The van der Waals surface area contributed by atoms with Gasteiger partial charge in [0.1, 0.15) is 23.9 Å². The Bertz CT molecular complexity index is 1160. The second-order valence-electron chi connectivity index (χ2n) is 9.00. The van der Waals surface area contributed by atoms with Crippen LogP contribution in [0.2, 0.25) is 0 Å². The van der Waals surface area contributed by atoms with Gasteiger partial charge in [-0.15, -0.1) is 0 Å². The molecular weight excluding hydrogens is 420 g/mol. The van der Waals surface area contributed by atoms with Gasteiger partial charge in [-0.05, 0) is 24.1 Å². The number of piperazine rings is 1. The van der Waals surface area contributed by atoms with Crippen LogP contribution in [0, 0.1) is 5.92 Å². The summed E-state index contributed by atoms with van der Waals surface area (Å²) >= 11 is 0. The summed E-state index contributed by atoms with van der Waals surface area (Å²) in [5.74, 6) is 1.30. The highest BCUT2D eigenvalue weighted by atomic mass is 16.3. The zero-order valence-electron chi connectivity index (χ0n) is 18.8. The molecule has 1 unspecified atom stereocenters. The van der Waals surface area contributed by atoms with Crippen molar-refractivity contribution < 1.29 is 14.0 Å². The number of benzene rings is 1. The van der Waals surface area contributed by atoms with E-state index >= 15 is 0 Å². The van der Waals surface area contributed by atoms with E-state index in [1.54, 1.807) is 6.07 Å². The van der Waals surface area contributed by atoms with Gasteiger partial charge in [-0.1, -0.05) is 26.0 Å². The smallest absolute Gasteiger partial charge is 0.257 e. The van der Waals surface area contributed by atoms with Crippen LogP contribution >= 0.6 is 0 Å². The van der Waals surface area contributed by atoms with Crippen LogP contribution in [0.5, 0.6) is 0 Å². The molecule has 33 heavy (non-hydrogen) atoms. The normalized spacial score (nSPS) is 21.8. The quantitative estimate of drug-likeness (QED) is 0.619. The number of aromatic nitrogens is 2. The van der Waals surface area contributed by atoms with E-state index in [0.29, 0.717) is 49.9 Å². The van der Waals surface area contributed by atoms with Crippen molar-refractivity contribution in [2.24, 2.45) is 5.92 Å². The zero-order valence-corrected chi connectivity index (χ0v) is 18.8. The number of carbonyl (C=O) groups is 2. The maximum Gasteiger partial charge on any atom is 0.257 e. The van der Waals surface area contributed by atoms with Gasteiger partial charge in [0.15, 0.2) is 0 Å². The van der Waals surface area contributed by atoms with Crippen molar-refractivity contribution in [3.8, 4) is 0 Å². The predicted molar refractivity (Wildman–Crippen MR) is 124 cm³/mol. The molecule has 9 nitrogen and oxygen atoms in total. The van der Waals surface area contributed by atoms with Crippen LogP contribution in [-0.4, -0.2) is 69.8 Å². The number of fused-ring (bicyclic) bond motifs is 5. The largest absolute Gasteiger partial charge is 0.472 e. The lowest BCUT2D eigenvalue weighted by Gasteiger charge is -2.41. The number of furan rings is 1. The molecule has 2 atom stereocenters. The molecule has 4 heterocycles. The highest BCUT2D eigenvalue weighted by molar-refractivity contribution is 5.94. The van der Waals surface area contributed by atoms with E-state index in [-0.39, 0.29) is 23.8 Å². The fourth-order valence-corrected chi connectivity index (χ4v) is 4.55. The van der Waals surface area contributed by atoms with E-state index in [4.69, 9.17) is 14.4 Å². The Morgan fingerprint density at radius 3 is 2.82 bits per heavy atom. The van der Waals surface area contributed by atoms with E-state index in [1.807, 2.05) is 43.0 Å². The number of amides is 2. The van der Waals surface area contributed by atoms with Gasteiger partial charge in [-0.3, -0.25) is 14.5 Å². The van der Waals surface area contributed by atoms with Gasteiger partial charge in [0, 0.05) is 37.6 Å². The molecule has 2 amide bonds. The molecule has 2 aliphatic rings. The fraction of sp³-hybridized carbons (Fsp3) is 0.417. The molecule has 1 aromatic carbocycles. The Morgan fingerprint density at radius 2 is 2.03 bits per heavy atom. The van der Waals surface area contributed by atoms with Crippen LogP contribution in [0.1, 0.15) is 30.0 Å². The predicted octanol–water partition coefficient (Wildman–Crippen LogP) is 2.12. The minimum atomic E-state index is -0.435. The van der Waals surface area contributed by atoms with Crippen molar-refractivity contribution >= 4 is 28.5 Å². The molecule has 0 spiro atoms. The van der Waals surface area contributed by atoms with Crippen molar-refractivity contribution in [1.29, 1.82) is 0 Å². The Labute approximate surface area is 192 Å². The van der Waals surface area contributed by atoms with Crippen LogP contribution in [0.4, 0.5) is 5.82 Å². The molecule has 0 saturated carbocycles. The van der Waals surface area contributed by atoms with E-state index in [0.717, 1.165) is 10.9 Å². The Hall–Kier alpha value is -3.46. The van der Waals surface area contributed by atoms with Crippen molar-refractivity contribution in [2.45, 2.75) is 32.5 Å². The third-order valence-electron chi connectivity index (χ3n) is 6.41. The number of carbonyl (C=O) groups excluding carboxylic acids is 2. The van der Waals surface area contributed by atoms with Crippen LogP contribution in [0.3, 0.4) is 0 Å². The van der Waals surface area contributed by atoms with Gasteiger partial charge in [0.2, 0.25) is 5.91 Å². The first-order valence-corrected chi connectivity index (χ1v) is 11.3. The Morgan fingerprint density at radius 1 is 1.18 bits per heavy atom. The number of para-hydroxylation sites is 1. The van der Waals surface area contributed by atoms with Crippen molar-refractivity contribution in [3.63, 3.8) is 0 Å². The average molecular weight is 449 g/mol. The van der Waals surface area contributed by atoms with Crippen LogP contribution in [-0.2, 0) is 11.3 Å². The molecular formula is C24H28N6O3. The summed E-state index contributed by atoms with van der Waals surface area (Å²) < 4.78 is 5.08. The number of nitrogens with zero attached hydrogens (tertiary/aromatic N) is 4. The lowest BCUT2D eigenvalue weighted by atomic mass is 10.0. The zero-order chi connectivity index (χ0) is 22.9. The Balaban J connectivity index is 1.48. The molecule has 0 aliphatic carbocycles. The molecule has 1 saturated heterocycles. The van der Waals surface area contributed by atoms with Crippen molar-refractivity contribution in [3.05, 3.63) is 54.2 Å². The molecule has 172 valence electrons. The Kier molecular flexibility index (Phi) is 5.72. The molecule has 9 heteroatoms. The molecule has 5 rings (SSSR count). The molecule has 2 aliphatic heterocycles. The van der Waals surface area contributed by atoms with Crippen molar-refractivity contribution in [1.82, 2.24) is 25.1 Å². The minimum Gasteiger partial charge on any atom is -0.472 e. The molecule has 3 aromatic rings. The molecule has 1 fully saturated rings. The summed E-state index contributed by atoms with van der Waals surface area (Å²) in [7, 11) is 0. The summed E-state index contributed by atoms with van der Waals surface area (Å²) in [6.07, 6.45) is 2.97. The molecule has 2 aromatic heterocycles. The third kappa shape index (κ3) is 4.28. The highest BCUT2D eigenvalue weighted by Crippen LogP contribution is 2.24. The maximum atomic E-state index is 13.2. The summed E-state index contributed by atoms with van der Waals surface area (Å²) in [5, 5.41) is 7.39.